The van der Waals surface area contributed by atoms with Crippen LogP contribution in [0.15, 0.2) is 18.2 Å². The summed E-state index contributed by atoms with van der Waals surface area (Å²) >= 11 is 0. The van der Waals surface area contributed by atoms with E-state index in [9.17, 15) is 0 Å². The van der Waals surface area contributed by atoms with Crippen LogP contribution in [-0.2, 0) is 6.42 Å². The predicted octanol–water partition coefficient (Wildman–Crippen LogP) is 2.69. The third-order valence-corrected chi connectivity index (χ3v) is 3.29. The highest BCUT2D eigenvalue weighted by atomic mass is 16.5. The Bertz CT molecular complexity index is 419. The summed E-state index contributed by atoms with van der Waals surface area (Å²) in [5.41, 5.74) is 2.83. The van der Waals surface area contributed by atoms with Crippen molar-refractivity contribution in [2.24, 2.45) is 0 Å². The first-order chi connectivity index (χ1) is 8.35. The highest BCUT2D eigenvalue weighted by Crippen LogP contribution is 2.31. The van der Waals surface area contributed by atoms with E-state index in [4.69, 9.17) is 11.2 Å². The molecule has 0 bridgehead atoms. The maximum Gasteiger partial charge on any atom is 0.119 e. The molecule has 1 aliphatic carbocycles. The molecule has 1 unspecified atom stereocenters. The normalized spacial score (nSPS) is 18.2. The van der Waals surface area contributed by atoms with E-state index in [2.05, 4.69) is 23.4 Å². The van der Waals surface area contributed by atoms with Gasteiger partial charge in [0, 0.05) is 12.5 Å². The summed E-state index contributed by atoms with van der Waals surface area (Å²) in [4.78, 5) is 0. The fourth-order valence-corrected chi connectivity index (χ4v) is 2.41. The lowest BCUT2D eigenvalue weighted by Gasteiger charge is -2.25. The van der Waals surface area contributed by atoms with Crippen molar-refractivity contribution in [1.29, 1.82) is 0 Å². The van der Waals surface area contributed by atoms with Gasteiger partial charge in [-0.3, -0.25) is 0 Å². The van der Waals surface area contributed by atoms with Gasteiger partial charge in [-0.05, 0) is 49.6 Å². The quantitative estimate of drug-likeness (QED) is 0.633. The second kappa shape index (κ2) is 5.75. The van der Waals surface area contributed by atoms with Crippen LogP contribution >= 0.6 is 0 Å². The zero-order valence-corrected chi connectivity index (χ0v) is 10.3. The molecule has 2 heteroatoms. The Morgan fingerprint density at radius 2 is 2.41 bits per heavy atom. The standard InChI is InChI=1S/C15H19NO/c1-3-4-10-17-13-8-9-14-12(11-13)6-5-7-15(14)16-2/h1,8-9,11,15-16H,4-7,10H2,2H3. The van der Waals surface area contributed by atoms with Crippen LogP contribution in [-0.4, -0.2) is 13.7 Å². The van der Waals surface area contributed by atoms with Crippen LogP contribution in [0.5, 0.6) is 5.75 Å². The molecule has 0 fully saturated rings. The lowest BCUT2D eigenvalue weighted by molar-refractivity contribution is 0.326. The maximum absolute atomic E-state index is 5.62. The van der Waals surface area contributed by atoms with Gasteiger partial charge in [-0.25, -0.2) is 0 Å². The molecular formula is C15H19NO. The first-order valence-electron chi connectivity index (χ1n) is 6.21. The summed E-state index contributed by atoms with van der Waals surface area (Å²) in [6.45, 7) is 0.602. The smallest absolute Gasteiger partial charge is 0.119 e. The second-order valence-corrected chi connectivity index (χ2v) is 4.40. The van der Waals surface area contributed by atoms with Gasteiger partial charge in [0.15, 0.2) is 0 Å². The van der Waals surface area contributed by atoms with Crippen molar-refractivity contribution in [3.8, 4) is 18.1 Å². The van der Waals surface area contributed by atoms with Gasteiger partial charge in [-0.2, -0.15) is 0 Å². The van der Waals surface area contributed by atoms with Crippen molar-refractivity contribution in [2.75, 3.05) is 13.7 Å². The molecule has 0 radical (unpaired) electrons. The summed E-state index contributed by atoms with van der Waals surface area (Å²) in [6, 6.07) is 6.89. The number of aryl methyl sites for hydroxylation is 1. The van der Waals surface area contributed by atoms with E-state index < -0.39 is 0 Å². The highest BCUT2D eigenvalue weighted by Gasteiger charge is 2.18. The van der Waals surface area contributed by atoms with E-state index >= 15 is 0 Å². The molecule has 2 rings (SSSR count). The Kier molecular flexibility index (Phi) is 4.06. The van der Waals surface area contributed by atoms with Crippen LogP contribution < -0.4 is 10.1 Å². The molecule has 0 spiro atoms. The van der Waals surface area contributed by atoms with Crippen molar-refractivity contribution in [3.05, 3.63) is 29.3 Å². The molecular weight excluding hydrogens is 210 g/mol. The number of fused-ring (bicyclic) bond motifs is 1. The Balaban J connectivity index is 2.11. The molecule has 2 nitrogen and oxygen atoms in total. The van der Waals surface area contributed by atoms with E-state index in [-0.39, 0.29) is 0 Å². The van der Waals surface area contributed by atoms with E-state index in [1.807, 2.05) is 13.1 Å². The topological polar surface area (TPSA) is 21.3 Å². The van der Waals surface area contributed by atoms with E-state index in [0.717, 1.165) is 12.2 Å². The Hall–Kier alpha value is -1.46. The van der Waals surface area contributed by atoms with Crippen LogP contribution in [0.1, 0.15) is 36.4 Å². The van der Waals surface area contributed by atoms with E-state index in [0.29, 0.717) is 19.1 Å². The summed E-state index contributed by atoms with van der Waals surface area (Å²) in [7, 11) is 2.02. The summed E-state index contributed by atoms with van der Waals surface area (Å²) in [6.07, 6.45) is 9.48. The molecule has 17 heavy (non-hydrogen) atoms. The molecule has 90 valence electrons. The minimum absolute atomic E-state index is 0.499. The average Bonchev–Trinajstić information content (AvgIpc) is 2.38. The van der Waals surface area contributed by atoms with Gasteiger partial charge < -0.3 is 10.1 Å². The molecule has 1 aromatic rings. The highest BCUT2D eigenvalue weighted by molar-refractivity contribution is 5.39. The van der Waals surface area contributed by atoms with Crippen molar-refractivity contribution in [1.82, 2.24) is 5.32 Å². The number of terminal acetylenes is 1. The minimum atomic E-state index is 0.499. The molecule has 1 atom stereocenters. The van der Waals surface area contributed by atoms with Gasteiger partial charge in [0.1, 0.15) is 5.75 Å². The zero-order valence-electron chi connectivity index (χ0n) is 10.3. The Morgan fingerprint density at radius 3 is 3.18 bits per heavy atom. The molecule has 0 saturated carbocycles. The fraction of sp³-hybridized carbons (Fsp3) is 0.467. The van der Waals surface area contributed by atoms with Gasteiger partial charge in [0.2, 0.25) is 0 Å². The first-order valence-corrected chi connectivity index (χ1v) is 6.21. The second-order valence-electron chi connectivity index (χ2n) is 4.40. The zero-order chi connectivity index (χ0) is 12.1. The lowest BCUT2D eigenvalue weighted by Crippen LogP contribution is -2.21. The van der Waals surface area contributed by atoms with Gasteiger partial charge >= 0.3 is 0 Å². The molecule has 1 aliphatic rings. The molecule has 0 heterocycles. The first kappa shape index (κ1) is 12.0. The van der Waals surface area contributed by atoms with Crippen molar-refractivity contribution in [2.45, 2.75) is 31.7 Å². The van der Waals surface area contributed by atoms with Crippen LogP contribution in [0.4, 0.5) is 0 Å². The van der Waals surface area contributed by atoms with Gasteiger partial charge in [0.25, 0.3) is 0 Å². The van der Waals surface area contributed by atoms with E-state index in [1.54, 1.807) is 0 Å². The number of hydrogen-bond acceptors (Lipinski definition) is 2. The largest absolute Gasteiger partial charge is 0.493 e. The number of hydrogen-bond donors (Lipinski definition) is 1. The van der Waals surface area contributed by atoms with Crippen LogP contribution in [0.3, 0.4) is 0 Å². The molecule has 0 aromatic heterocycles. The predicted molar refractivity (Wildman–Crippen MR) is 70.1 cm³/mol. The third-order valence-electron chi connectivity index (χ3n) is 3.29. The summed E-state index contributed by atoms with van der Waals surface area (Å²) in [5, 5.41) is 3.36. The number of ether oxygens (including phenoxy) is 1. The average molecular weight is 229 g/mol. The van der Waals surface area contributed by atoms with Crippen molar-refractivity contribution >= 4 is 0 Å². The third kappa shape index (κ3) is 2.81. The van der Waals surface area contributed by atoms with Gasteiger partial charge in [0.05, 0.1) is 6.61 Å². The van der Waals surface area contributed by atoms with Crippen molar-refractivity contribution < 1.29 is 4.74 Å². The number of nitrogens with one attached hydrogen (secondary N) is 1. The van der Waals surface area contributed by atoms with Gasteiger partial charge in [-0.1, -0.05) is 6.07 Å². The fourth-order valence-electron chi connectivity index (χ4n) is 2.41. The maximum atomic E-state index is 5.62. The molecule has 0 aliphatic heterocycles. The summed E-state index contributed by atoms with van der Waals surface area (Å²) < 4.78 is 5.62. The van der Waals surface area contributed by atoms with Crippen LogP contribution in [0.2, 0.25) is 0 Å². The van der Waals surface area contributed by atoms with Gasteiger partial charge in [-0.15, -0.1) is 12.3 Å². The van der Waals surface area contributed by atoms with E-state index in [1.165, 1.54) is 24.0 Å². The monoisotopic (exact) mass is 229 g/mol. The Morgan fingerprint density at radius 1 is 1.53 bits per heavy atom. The van der Waals surface area contributed by atoms with Crippen LogP contribution in [0, 0.1) is 12.3 Å². The lowest BCUT2D eigenvalue weighted by atomic mass is 9.87. The molecule has 0 amide bonds. The Labute approximate surface area is 103 Å². The van der Waals surface area contributed by atoms with Crippen LogP contribution in [0.25, 0.3) is 0 Å². The number of rotatable bonds is 4. The summed E-state index contributed by atoms with van der Waals surface area (Å²) in [5.74, 6) is 3.52. The number of benzene rings is 1. The molecule has 1 N–H and O–H groups in total. The molecule has 1 aromatic carbocycles. The minimum Gasteiger partial charge on any atom is -0.493 e. The van der Waals surface area contributed by atoms with Crippen molar-refractivity contribution in [3.63, 3.8) is 0 Å². The molecule has 0 saturated heterocycles. The SMILES string of the molecule is C#CCCOc1ccc2c(c1)CCCC2NC.